The Labute approximate surface area is 162 Å². The lowest BCUT2D eigenvalue weighted by Gasteiger charge is -2.35. The summed E-state index contributed by atoms with van der Waals surface area (Å²) in [6.07, 6.45) is 9.45. The summed E-state index contributed by atoms with van der Waals surface area (Å²) in [5, 5.41) is 11.8. The van der Waals surface area contributed by atoms with Crippen molar-refractivity contribution in [2.75, 3.05) is 26.2 Å². The lowest BCUT2D eigenvalue weighted by Crippen LogP contribution is -2.47. The molecule has 0 spiro atoms. The van der Waals surface area contributed by atoms with E-state index in [1.54, 1.807) is 0 Å². The third kappa shape index (κ3) is 6.55. The second-order valence-electron chi connectivity index (χ2n) is 7.91. The molecule has 1 aromatic carbocycles. The summed E-state index contributed by atoms with van der Waals surface area (Å²) in [4.78, 5) is 14.7. The van der Waals surface area contributed by atoms with Crippen LogP contribution in [0.5, 0.6) is 5.75 Å². The molecule has 3 rings (SSSR count). The number of nitriles is 1. The highest BCUT2D eigenvalue weighted by molar-refractivity contribution is 5.77. The Bertz CT molecular complexity index is 624. The van der Waals surface area contributed by atoms with E-state index in [1.807, 2.05) is 24.3 Å². The summed E-state index contributed by atoms with van der Waals surface area (Å²) >= 11 is 0. The molecule has 0 aromatic heterocycles. The molecule has 2 aliphatic rings. The number of likely N-dealkylation sites (tertiary alicyclic amines) is 1. The van der Waals surface area contributed by atoms with Crippen molar-refractivity contribution in [3.8, 4) is 11.8 Å². The molecular weight excluding hydrogens is 338 g/mol. The zero-order valence-electron chi connectivity index (χ0n) is 16.2. The van der Waals surface area contributed by atoms with Crippen molar-refractivity contribution in [3.05, 3.63) is 29.8 Å². The Hall–Kier alpha value is -2.06. The van der Waals surface area contributed by atoms with E-state index in [9.17, 15) is 4.79 Å². The molecule has 27 heavy (non-hydrogen) atoms. The summed E-state index contributed by atoms with van der Waals surface area (Å²) in [5.74, 6) is 1.49. The fourth-order valence-electron chi connectivity index (χ4n) is 4.21. The molecule has 5 heteroatoms. The number of ether oxygens (including phenoxy) is 1. The van der Waals surface area contributed by atoms with Gasteiger partial charge in [0.05, 0.1) is 12.5 Å². The molecule has 5 nitrogen and oxygen atoms in total. The molecule has 0 unspecified atom stereocenters. The molecule has 0 radical (unpaired) electrons. The summed E-state index contributed by atoms with van der Waals surface area (Å²) in [6.45, 7) is 3.46. The summed E-state index contributed by atoms with van der Waals surface area (Å²) in [5.41, 5.74) is 0.953. The third-order valence-corrected chi connectivity index (χ3v) is 5.77. The minimum absolute atomic E-state index is 0.0416. The number of hydrogen-bond donors (Lipinski definition) is 1. The van der Waals surface area contributed by atoms with E-state index in [0.29, 0.717) is 12.2 Å². The minimum Gasteiger partial charge on any atom is -0.484 e. The molecule has 1 amide bonds. The average molecular weight is 370 g/mol. The highest BCUT2D eigenvalue weighted by Gasteiger charge is 2.23. The maximum atomic E-state index is 12.2. The van der Waals surface area contributed by atoms with Crippen LogP contribution in [0.4, 0.5) is 0 Å². The van der Waals surface area contributed by atoms with Crippen LogP contribution in [0.1, 0.15) is 50.5 Å². The minimum atomic E-state index is -0.0539. The Morgan fingerprint density at radius 2 is 1.81 bits per heavy atom. The molecular formula is C22H31N3O2. The Morgan fingerprint density at radius 3 is 2.48 bits per heavy atom. The second kappa shape index (κ2) is 10.3. The number of rotatable bonds is 7. The van der Waals surface area contributed by atoms with Gasteiger partial charge >= 0.3 is 0 Å². The van der Waals surface area contributed by atoms with Gasteiger partial charge in [0, 0.05) is 25.7 Å². The Balaban J connectivity index is 1.32. The standard InChI is InChI=1S/C22H31N3O2/c23-13-10-18-6-8-21(9-7-18)27-17-22(26)24-20-11-14-25(15-12-20)16-19-4-2-1-3-5-19/h6-9,19-20H,1-5,10-12,14-17H2,(H,24,26). The van der Waals surface area contributed by atoms with Crippen LogP contribution in [-0.4, -0.2) is 43.1 Å². The SMILES string of the molecule is N#CCc1ccc(OCC(=O)NC2CCN(CC3CCCCC3)CC2)cc1. The van der Waals surface area contributed by atoms with Gasteiger partial charge in [0.2, 0.25) is 0 Å². The smallest absolute Gasteiger partial charge is 0.258 e. The van der Waals surface area contributed by atoms with E-state index >= 15 is 0 Å². The summed E-state index contributed by atoms with van der Waals surface area (Å²) in [6, 6.07) is 9.72. The molecule has 0 bridgehead atoms. The van der Waals surface area contributed by atoms with E-state index in [-0.39, 0.29) is 18.6 Å². The molecule has 146 valence electrons. The van der Waals surface area contributed by atoms with Crippen molar-refractivity contribution in [2.24, 2.45) is 5.92 Å². The number of carbonyl (C=O) groups is 1. The van der Waals surface area contributed by atoms with Gasteiger partial charge in [-0.05, 0) is 49.3 Å². The van der Waals surface area contributed by atoms with Crippen LogP contribution in [0.3, 0.4) is 0 Å². The predicted molar refractivity (Wildman–Crippen MR) is 105 cm³/mol. The molecule has 1 N–H and O–H groups in total. The predicted octanol–water partition coefficient (Wildman–Crippen LogP) is 3.29. The zero-order valence-corrected chi connectivity index (χ0v) is 16.2. The van der Waals surface area contributed by atoms with Crippen molar-refractivity contribution in [2.45, 2.75) is 57.4 Å². The monoisotopic (exact) mass is 369 g/mol. The number of nitrogens with zero attached hydrogens (tertiary/aromatic N) is 2. The maximum Gasteiger partial charge on any atom is 0.258 e. The highest BCUT2D eigenvalue weighted by atomic mass is 16.5. The van der Waals surface area contributed by atoms with E-state index in [0.717, 1.165) is 37.4 Å². The van der Waals surface area contributed by atoms with Crippen LogP contribution in [0, 0.1) is 17.2 Å². The number of amides is 1. The van der Waals surface area contributed by atoms with Crippen LogP contribution in [0.25, 0.3) is 0 Å². The fourth-order valence-corrected chi connectivity index (χ4v) is 4.21. The van der Waals surface area contributed by atoms with Crippen LogP contribution in [0.2, 0.25) is 0 Å². The van der Waals surface area contributed by atoms with Gasteiger partial charge < -0.3 is 15.0 Å². The van der Waals surface area contributed by atoms with Crippen LogP contribution < -0.4 is 10.1 Å². The average Bonchev–Trinajstić information content (AvgIpc) is 2.70. The number of piperidine rings is 1. The second-order valence-corrected chi connectivity index (χ2v) is 7.91. The number of benzene rings is 1. The molecule has 1 heterocycles. The lowest BCUT2D eigenvalue weighted by molar-refractivity contribution is -0.124. The van der Waals surface area contributed by atoms with Gasteiger partial charge in [-0.1, -0.05) is 31.4 Å². The van der Waals surface area contributed by atoms with Crippen LogP contribution in [0.15, 0.2) is 24.3 Å². The summed E-state index contributed by atoms with van der Waals surface area (Å²) in [7, 11) is 0. The van der Waals surface area contributed by atoms with Crippen molar-refractivity contribution < 1.29 is 9.53 Å². The molecule has 1 aromatic rings. The van der Waals surface area contributed by atoms with Gasteiger partial charge in [-0.3, -0.25) is 4.79 Å². The number of hydrogen-bond acceptors (Lipinski definition) is 4. The molecule has 1 saturated carbocycles. The van der Waals surface area contributed by atoms with Crippen molar-refractivity contribution in [1.82, 2.24) is 10.2 Å². The van der Waals surface area contributed by atoms with E-state index in [4.69, 9.17) is 10.00 Å². The Morgan fingerprint density at radius 1 is 1.11 bits per heavy atom. The maximum absolute atomic E-state index is 12.2. The van der Waals surface area contributed by atoms with Crippen molar-refractivity contribution >= 4 is 5.91 Å². The first kappa shape index (κ1) is 19.7. The first-order valence-electron chi connectivity index (χ1n) is 10.3. The van der Waals surface area contributed by atoms with E-state index in [2.05, 4.69) is 16.3 Å². The van der Waals surface area contributed by atoms with E-state index in [1.165, 1.54) is 38.6 Å². The fraction of sp³-hybridized carbons (Fsp3) is 0.636. The Kier molecular flexibility index (Phi) is 7.53. The van der Waals surface area contributed by atoms with Gasteiger partial charge in [-0.15, -0.1) is 0 Å². The molecule has 1 saturated heterocycles. The normalized spacial score (nSPS) is 19.4. The lowest BCUT2D eigenvalue weighted by atomic mass is 9.88. The third-order valence-electron chi connectivity index (χ3n) is 5.77. The van der Waals surface area contributed by atoms with Gasteiger partial charge in [0.25, 0.3) is 5.91 Å². The number of nitrogens with one attached hydrogen (secondary N) is 1. The largest absolute Gasteiger partial charge is 0.484 e. The van der Waals surface area contributed by atoms with Gasteiger partial charge in [0.1, 0.15) is 5.75 Å². The first-order chi connectivity index (χ1) is 13.2. The van der Waals surface area contributed by atoms with Gasteiger partial charge in [-0.2, -0.15) is 5.26 Å². The van der Waals surface area contributed by atoms with Crippen LogP contribution in [-0.2, 0) is 11.2 Å². The van der Waals surface area contributed by atoms with Gasteiger partial charge in [0.15, 0.2) is 6.61 Å². The topological polar surface area (TPSA) is 65.4 Å². The summed E-state index contributed by atoms with van der Waals surface area (Å²) < 4.78 is 5.56. The van der Waals surface area contributed by atoms with Gasteiger partial charge in [-0.25, -0.2) is 0 Å². The van der Waals surface area contributed by atoms with E-state index < -0.39 is 0 Å². The molecule has 0 atom stereocenters. The first-order valence-corrected chi connectivity index (χ1v) is 10.3. The molecule has 2 fully saturated rings. The van der Waals surface area contributed by atoms with Crippen molar-refractivity contribution in [1.29, 1.82) is 5.26 Å². The molecule has 1 aliphatic carbocycles. The highest BCUT2D eigenvalue weighted by Crippen LogP contribution is 2.25. The molecule has 1 aliphatic heterocycles. The van der Waals surface area contributed by atoms with Crippen molar-refractivity contribution in [3.63, 3.8) is 0 Å². The quantitative estimate of drug-likeness (QED) is 0.801. The number of carbonyl (C=O) groups excluding carboxylic acids is 1. The zero-order chi connectivity index (χ0) is 18.9. The van der Waals surface area contributed by atoms with Crippen LogP contribution >= 0.6 is 0 Å².